The maximum absolute atomic E-state index is 5.91. The molecule has 1 atom stereocenters. The molecule has 2 nitrogen and oxygen atoms in total. The number of nitrogens with two attached hydrogens (primary N) is 1. The van der Waals surface area contributed by atoms with E-state index in [1.54, 1.807) is 0 Å². The van der Waals surface area contributed by atoms with Gasteiger partial charge in [-0.15, -0.1) is 0 Å². The first-order chi connectivity index (χ1) is 8.00. The van der Waals surface area contributed by atoms with Gasteiger partial charge in [-0.1, -0.05) is 12.1 Å². The molecule has 1 aromatic heterocycles. The maximum atomic E-state index is 5.91. The van der Waals surface area contributed by atoms with Crippen molar-refractivity contribution in [2.24, 2.45) is 5.73 Å². The van der Waals surface area contributed by atoms with Crippen LogP contribution in [0, 0.1) is 6.92 Å². The molecular weight excluding hydrogens is 208 g/mol. The van der Waals surface area contributed by atoms with Crippen LogP contribution in [0.4, 0.5) is 0 Å². The van der Waals surface area contributed by atoms with E-state index in [0.29, 0.717) is 6.04 Å². The largest absolute Gasteiger partial charge is 0.342 e. The molecule has 2 rings (SSSR count). The van der Waals surface area contributed by atoms with Crippen LogP contribution in [0.15, 0.2) is 24.3 Å². The lowest BCUT2D eigenvalue weighted by molar-refractivity contribution is 0.608. The standard InChI is InChI=1S/C15H22N2/c1-10(2)17-12(4)9-14-13(8-11(3)16)6-5-7-15(14)17/h5-7,9-11H,8,16H2,1-4H3. The molecule has 0 aliphatic rings. The van der Waals surface area contributed by atoms with Crippen molar-refractivity contribution in [3.8, 4) is 0 Å². The summed E-state index contributed by atoms with van der Waals surface area (Å²) < 4.78 is 2.39. The minimum Gasteiger partial charge on any atom is -0.342 e. The zero-order valence-corrected chi connectivity index (χ0v) is 11.2. The van der Waals surface area contributed by atoms with Crippen LogP contribution >= 0.6 is 0 Å². The van der Waals surface area contributed by atoms with Crippen LogP contribution in [0.5, 0.6) is 0 Å². The number of nitrogens with zero attached hydrogens (tertiary/aromatic N) is 1. The molecule has 2 aromatic rings. The molecule has 17 heavy (non-hydrogen) atoms. The predicted molar refractivity (Wildman–Crippen MR) is 74.4 cm³/mol. The second-order valence-electron chi connectivity index (χ2n) is 5.28. The van der Waals surface area contributed by atoms with Crippen LogP contribution in [-0.4, -0.2) is 10.6 Å². The van der Waals surface area contributed by atoms with E-state index in [1.807, 2.05) is 0 Å². The van der Waals surface area contributed by atoms with Crippen molar-refractivity contribution < 1.29 is 0 Å². The first-order valence-electron chi connectivity index (χ1n) is 6.35. The van der Waals surface area contributed by atoms with E-state index in [9.17, 15) is 0 Å². The number of benzene rings is 1. The van der Waals surface area contributed by atoms with Gasteiger partial charge in [0.15, 0.2) is 0 Å². The van der Waals surface area contributed by atoms with Gasteiger partial charge >= 0.3 is 0 Å². The van der Waals surface area contributed by atoms with Crippen molar-refractivity contribution >= 4 is 10.9 Å². The minimum atomic E-state index is 0.211. The Bertz CT molecular complexity index is 521. The average Bonchev–Trinajstić information content (AvgIpc) is 2.54. The summed E-state index contributed by atoms with van der Waals surface area (Å²) in [6.45, 7) is 8.69. The van der Waals surface area contributed by atoms with Gasteiger partial charge in [-0.3, -0.25) is 0 Å². The Balaban J connectivity index is 2.62. The third kappa shape index (κ3) is 2.22. The predicted octanol–water partition coefficient (Wildman–Crippen LogP) is 3.42. The molecule has 92 valence electrons. The fourth-order valence-electron chi connectivity index (χ4n) is 2.65. The topological polar surface area (TPSA) is 30.9 Å². The van der Waals surface area contributed by atoms with E-state index >= 15 is 0 Å². The van der Waals surface area contributed by atoms with E-state index in [0.717, 1.165) is 6.42 Å². The molecule has 2 heteroatoms. The quantitative estimate of drug-likeness (QED) is 0.860. The lowest BCUT2D eigenvalue weighted by atomic mass is 10.0. The molecule has 0 fully saturated rings. The summed E-state index contributed by atoms with van der Waals surface area (Å²) in [5.41, 5.74) is 9.93. The minimum absolute atomic E-state index is 0.211. The summed E-state index contributed by atoms with van der Waals surface area (Å²) in [5, 5.41) is 1.36. The molecule has 0 saturated carbocycles. The Morgan fingerprint density at radius 1 is 1.24 bits per heavy atom. The fourth-order valence-corrected chi connectivity index (χ4v) is 2.65. The molecule has 0 amide bonds. The smallest absolute Gasteiger partial charge is 0.0487 e. The van der Waals surface area contributed by atoms with Crippen LogP contribution in [0.2, 0.25) is 0 Å². The highest BCUT2D eigenvalue weighted by Crippen LogP contribution is 2.27. The molecule has 0 aliphatic carbocycles. The molecule has 2 N–H and O–H groups in total. The summed E-state index contributed by atoms with van der Waals surface area (Å²) in [7, 11) is 0. The summed E-state index contributed by atoms with van der Waals surface area (Å²) in [4.78, 5) is 0. The highest BCUT2D eigenvalue weighted by Gasteiger charge is 2.11. The maximum Gasteiger partial charge on any atom is 0.0487 e. The van der Waals surface area contributed by atoms with Crippen LogP contribution in [0.3, 0.4) is 0 Å². The monoisotopic (exact) mass is 230 g/mol. The normalized spacial score (nSPS) is 13.5. The number of rotatable bonds is 3. The Morgan fingerprint density at radius 3 is 2.53 bits per heavy atom. The van der Waals surface area contributed by atoms with Crippen molar-refractivity contribution in [3.05, 3.63) is 35.5 Å². The number of aromatic nitrogens is 1. The lowest BCUT2D eigenvalue weighted by Crippen LogP contribution is -2.17. The van der Waals surface area contributed by atoms with Gasteiger partial charge in [-0.25, -0.2) is 0 Å². The van der Waals surface area contributed by atoms with Gasteiger partial charge in [0.25, 0.3) is 0 Å². The first-order valence-corrected chi connectivity index (χ1v) is 6.35. The first kappa shape index (κ1) is 12.2. The summed E-state index contributed by atoms with van der Waals surface area (Å²) in [5.74, 6) is 0. The van der Waals surface area contributed by atoms with Gasteiger partial charge in [0.1, 0.15) is 0 Å². The zero-order valence-electron chi connectivity index (χ0n) is 11.2. The number of aryl methyl sites for hydroxylation is 1. The Labute approximate surface area is 103 Å². The highest BCUT2D eigenvalue weighted by atomic mass is 15.0. The van der Waals surface area contributed by atoms with Crippen molar-refractivity contribution in [2.45, 2.75) is 46.2 Å². The van der Waals surface area contributed by atoms with Crippen molar-refractivity contribution in [2.75, 3.05) is 0 Å². The van der Waals surface area contributed by atoms with Crippen LogP contribution in [0.25, 0.3) is 10.9 Å². The van der Waals surface area contributed by atoms with E-state index in [-0.39, 0.29) is 6.04 Å². The van der Waals surface area contributed by atoms with Gasteiger partial charge in [0, 0.05) is 28.7 Å². The molecule has 0 aliphatic heterocycles. The Hall–Kier alpha value is -1.28. The fraction of sp³-hybridized carbons (Fsp3) is 0.467. The average molecular weight is 230 g/mol. The molecular formula is C15H22N2. The summed E-state index contributed by atoms with van der Waals surface area (Å²) in [6.07, 6.45) is 0.943. The molecule has 1 aromatic carbocycles. The van der Waals surface area contributed by atoms with E-state index in [2.05, 4.69) is 56.5 Å². The molecule has 0 bridgehead atoms. The lowest BCUT2D eigenvalue weighted by Gasteiger charge is -2.13. The number of hydrogen-bond acceptors (Lipinski definition) is 1. The van der Waals surface area contributed by atoms with Crippen molar-refractivity contribution in [1.82, 2.24) is 4.57 Å². The van der Waals surface area contributed by atoms with E-state index < -0.39 is 0 Å². The third-order valence-corrected chi connectivity index (χ3v) is 3.22. The third-order valence-electron chi connectivity index (χ3n) is 3.22. The van der Waals surface area contributed by atoms with Gasteiger partial charge < -0.3 is 10.3 Å². The number of fused-ring (bicyclic) bond motifs is 1. The van der Waals surface area contributed by atoms with Crippen LogP contribution < -0.4 is 5.73 Å². The second kappa shape index (κ2) is 4.53. The number of hydrogen-bond donors (Lipinski definition) is 1. The zero-order chi connectivity index (χ0) is 12.6. The van der Waals surface area contributed by atoms with Crippen LogP contribution in [-0.2, 0) is 6.42 Å². The van der Waals surface area contributed by atoms with E-state index in [4.69, 9.17) is 5.73 Å². The second-order valence-corrected chi connectivity index (χ2v) is 5.28. The van der Waals surface area contributed by atoms with E-state index in [1.165, 1.54) is 22.2 Å². The Morgan fingerprint density at radius 2 is 1.94 bits per heavy atom. The van der Waals surface area contributed by atoms with Crippen LogP contribution in [0.1, 0.15) is 38.1 Å². The van der Waals surface area contributed by atoms with Gasteiger partial charge in [-0.2, -0.15) is 0 Å². The molecule has 0 radical (unpaired) electrons. The molecule has 1 heterocycles. The molecule has 0 spiro atoms. The van der Waals surface area contributed by atoms with Crippen molar-refractivity contribution in [3.63, 3.8) is 0 Å². The van der Waals surface area contributed by atoms with Crippen molar-refractivity contribution in [1.29, 1.82) is 0 Å². The Kier molecular flexibility index (Phi) is 3.25. The molecule has 0 saturated heterocycles. The van der Waals surface area contributed by atoms with Gasteiger partial charge in [0.2, 0.25) is 0 Å². The SMILES string of the molecule is Cc1cc2c(CC(C)N)cccc2n1C(C)C. The summed E-state index contributed by atoms with van der Waals surface area (Å²) >= 11 is 0. The summed E-state index contributed by atoms with van der Waals surface area (Å²) in [6, 6.07) is 9.52. The van der Waals surface area contributed by atoms with Gasteiger partial charge in [-0.05, 0) is 51.8 Å². The highest BCUT2D eigenvalue weighted by molar-refractivity contribution is 5.85. The molecule has 1 unspecified atom stereocenters. The van der Waals surface area contributed by atoms with Gasteiger partial charge in [0.05, 0.1) is 0 Å².